The van der Waals surface area contributed by atoms with E-state index in [1.54, 1.807) is 24.3 Å². The summed E-state index contributed by atoms with van der Waals surface area (Å²) in [4.78, 5) is 0. The Morgan fingerprint density at radius 2 is 0.946 bits per heavy atom. The number of benzene rings is 4. The summed E-state index contributed by atoms with van der Waals surface area (Å²) in [7, 11) is 0. The van der Waals surface area contributed by atoms with Gasteiger partial charge in [0.15, 0.2) is 0 Å². The van der Waals surface area contributed by atoms with Gasteiger partial charge in [-0.05, 0) is 34.0 Å². The number of phenolic OH excluding ortho intramolecular Hbond substituents is 2. The van der Waals surface area contributed by atoms with E-state index in [1.807, 2.05) is 86.7 Å². The lowest BCUT2D eigenvalue weighted by atomic mass is 10.0. The van der Waals surface area contributed by atoms with E-state index in [0.717, 1.165) is 32.7 Å². The monoisotopic (exact) mass is 500 g/mol. The van der Waals surface area contributed by atoms with Crippen molar-refractivity contribution in [1.29, 1.82) is 0 Å². The Balaban J connectivity index is 0. The van der Waals surface area contributed by atoms with Gasteiger partial charge in [-0.15, -0.1) is 0 Å². The molecule has 0 aliphatic rings. The molecule has 0 aliphatic carbocycles. The number of hydrogen-bond acceptors (Lipinski definition) is 2. The molecule has 0 aromatic heterocycles. The lowest BCUT2D eigenvalue weighted by molar-refractivity contribution is 0.481. The zero-order valence-electron chi connectivity index (χ0n) is 23.0. The maximum atomic E-state index is 9.68. The summed E-state index contributed by atoms with van der Waals surface area (Å²) in [6.07, 6.45) is 9.90. The van der Waals surface area contributed by atoms with Crippen molar-refractivity contribution in [3.8, 4) is 11.5 Å². The smallest absolute Gasteiger partial charge is 0.123 e. The maximum absolute atomic E-state index is 9.68. The van der Waals surface area contributed by atoms with Gasteiger partial charge < -0.3 is 10.2 Å². The minimum atomic E-state index is 0. The Morgan fingerprint density at radius 1 is 0.595 bits per heavy atom. The molecule has 2 nitrogen and oxygen atoms in total. The fourth-order valence-electron chi connectivity index (χ4n) is 3.11. The van der Waals surface area contributed by atoms with Gasteiger partial charge in [-0.1, -0.05) is 160 Å². The highest BCUT2D eigenvalue weighted by Crippen LogP contribution is 2.28. The molecule has 0 heterocycles. The lowest BCUT2D eigenvalue weighted by Gasteiger charge is -2.03. The summed E-state index contributed by atoms with van der Waals surface area (Å²) in [5.74, 6) is 0.641. The molecule has 2 N–H and O–H groups in total. The second-order valence-corrected chi connectivity index (χ2v) is 7.65. The Morgan fingerprint density at radius 3 is 1.32 bits per heavy atom. The van der Waals surface area contributed by atoms with Gasteiger partial charge in [-0.25, -0.2) is 0 Å². The SMILES string of the molecule is C.C=CC=Cc1ccc(O)c2ccccc12.C=Cc1ccc(O)c2ccccc12.CC.CCC.CCC. The van der Waals surface area contributed by atoms with Crippen molar-refractivity contribution in [3.05, 3.63) is 109 Å². The van der Waals surface area contributed by atoms with Gasteiger partial charge in [0.05, 0.1) is 0 Å². The number of aromatic hydroxyl groups is 2. The molecule has 200 valence electrons. The predicted octanol–water partition coefficient (Wildman–Crippen LogP) is 11.4. The molecule has 0 saturated carbocycles. The number of fused-ring (bicyclic) bond motifs is 2. The highest BCUT2D eigenvalue weighted by Gasteiger charge is 2.02. The highest BCUT2D eigenvalue weighted by atomic mass is 16.3. The van der Waals surface area contributed by atoms with Crippen LogP contribution >= 0.6 is 0 Å². The summed E-state index contributed by atoms with van der Waals surface area (Å²) >= 11 is 0. The largest absolute Gasteiger partial charge is 0.507 e. The molecule has 4 aromatic rings. The Labute approximate surface area is 226 Å². The van der Waals surface area contributed by atoms with E-state index in [1.165, 1.54) is 12.8 Å². The van der Waals surface area contributed by atoms with Crippen molar-refractivity contribution in [3.63, 3.8) is 0 Å². The van der Waals surface area contributed by atoms with Crippen LogP contribution in [0.2, 0.25) is 0 Å². The van der Waals surface area contributed by atoms with E-state index in [4.69, 9.17) is 0 Å². The van der Waals surface area contributed by atoms with E-state index in [0.29, 0.717) is 11.5 Å². The summed E-state index contributed by atoms with van der Waals surface area (Å²) in [6, 6.07) is 22.7. The molecular weight excluding hydrogens is 452 g/mol. The van der Waals surface area contributed by atoms with Gasteiger partial charge in [0.1, 0.15) is 11.5 Å². The zero-order chi connectivity index (χ0) is 27.3. The van der Waals surface area contributed by atoms with Crippen LogP contribution in [0, 0.1) is 0 Å². The fourth-order valence-corrected chi connectivity index (χ4v) is 3.11. The molecule has 0 unspecified atom stereocenters. The average molecular weight is 501 g/mol. The first-order chi connectivity index (χ1) is 17.5. The molecule has 0 bridgehead atoms. The summed E-state index contributed by atoms with van der Waals surface area (Å²) in [5, 5.41) is 23.1. The second-order valence-electron chi connectivity index (χ2n) is 7.65. The number of rotatable bonds is 3. The first kappa shape index (κ1) is 35.4. The number of phenols is 2. The van der Waals surface area contributed by atoms with Gasteiger partial charge in [-0.3, -0.25) is 0 Å². The predicted molar refractivity (Wildman–Crippen MR) is 171 cm³/mol. The Kier molecular flexibility index (Phi) is 20.6. The molecule has 0 atom stereocenters. The van der Waals surface area contributed by atoms with Crippen LogP contribution in [0.3, 0.4) is 0 Å². The lowest BCUT2D eigenvalue weighted by Crippen LogP contribution is -1.78. The number of hydrogen-bond donors (Lipinski definition) is 2. The molecule has 0 spiro atoms. The second kappa shape index (κ2) is 21.5. The standard InChI is InChI=1S/C14H12O.C12H10O.2C3H8.C2H6.CH4/c1-2-3-6-11-9-10-14(15)13-8-5-4-7-12(11)13;1-2-9-7-8-12(13)11-6-4-3-5-10(9)11;2*1-3-2;1-2;/h2-10,15H,1H2;2-8,13H,1H2;2*3H2,1-2H3;1-2H3;1H4. The molecule has 0 fully saturated rings. The van der Waals surface area contributed by atoms with Gasteiger partial charge in [0.25, 0.3) is 0 Å². The van der Waals surface area contributed by atoms with E-state index >= 15 is 0 Å². The van der Waals surface area contributed by atoms with Gasteiger partial charge in [0, 0.05) is 10.8 Å². The molecular formula is C35H48O2. The van der Waals surface area contributed by atoms with Crippen LogP contribution in [-0.2, 0) is 0 Å². The van der Waals surface area contributed by atoms with Gasteiger partial charge in [0.2, 0.25) is 0 Å². The Hall–Kier alpha value is -3.78. The van der Waals surface area contributed by atoms with Gasteiger partial charge >= 0.3 is 0 Å². The van der Waals surface area contributed by atoms with Crippen molar-refractivity contribution < 1.29 is 10.2 Å². The summed E-state index contributed by atoms with van der Waals surface area (Å²) in [5.41, 5.74) is 2.14. The topological polar surface area (TPSA) is 40.5 Å². The van der Waals surface area contributed by atoms with Crippen LogP contribution in [0.1, 0.15) is 72.9 Å². The molecule has 0 aliphatic heterocycles. The van der Waals surface area contributed by atoms with Crippen LogP contribution in [-0.4, -0.2) is 10.2 Å². The molecule has 4 rings (SSSR count). The first-order valence-corrected chi connectivity index (χ1v) is 12.8. The normalized spacial score (nSPS) is 9.14. The third-order valence-electron chi connectivity index (χ3n) is 4.50. The minimum Gasteiger partial charge on any atom is -0.507 e. The van der Waals surface area contributed by atoms with E-state index in [-0.39, 0.29) is 7.43 Å². The van der Waals surface area contributed by atoms with Crippen molar-refractivity contribution >= 4 is 33.7 Å². The minimum absolute atomic E-state index is 0. The highest BCUT2D eigenvalue weighted by molar-refractivity contribution is 5.95. The molecule has 0 radical (unpaired) electrons. The molecule has 0 saturated heterocycles. The van der Waals surface area contributed by atoms with Crippen molar-refractivity contribution in [1.82, 2.24) is 0 Å². The van der Waals surface area contributed by atoms with E-state index < -0.39 is 0 Å². The molecule has 2 heteroatoms. The quantitative estimate of drug-likeness (QED) is 0.275. The Bertz CT molecular complexity index is 1200. The first-order valence-electron chi connectivity index (χ1n) is 12.8. The van der Waals surface area contributed by atoms with Crippen LogP contribution in [0.25, 0.3) is 33.7 Å². The van der Waals surface area contributed by atoms with Crippen molar-refractivity contribution in [2.75, 3.05) is 0 Å². The maximum Gasteiger partial charge on any atom is 0.123 e. The average Bonchev–Trinajstić information content (AvgIpc) is 2.91. The van der Waals surface area contributed by atoms with Crippen LogP contribution < -0.4 is 0 Å². The molecule has 37 heavy (non-hydrogen) atoms. The van der Waals surface area contributed by atoms with E-state index in [2.05, 4.69) is 40.9 Å². The number of allylic oxidation sites excluding steroid dienone is 2. The summed E-state index contributed by atoms with van der Waals surface area (Å²) < 4.78 is 0. The van der Waals surface area contributed by atoms with Crippen LogP contribution in [0.15, 0.2) is 98.1 Å². The molecule has 0 amide bonds. The third-order valence-corrected chi connectivity index (χ3v) is 4.50. The fraction of sp³-hybridized carbons (Fsp3) is 0.257. The summed E-state index contributed by atoms with van der Waals surface area (Å²) in [6.45, 7) is 19.9. The zero-order valence-corrected chi connectivity index (χ0v) is 23.0. The van der Waals surface area contributed by atoms with Crippen molar-refractivity contribution in [2.45, 2.75) is 61.8 Å². The van der Waals surface area contributed by atoms with Crippen molar-refractivity contribution in [2.24, 2.45) is 0 Å². The van der Waals surface area contributed by atoms with Crippen LogP contribution in [0.4, 0.5) is 0 Å². The molecule has 4 aromatic carbocycles. The van der Waals surface area contributed by atoms with Gasteiger partial charge in [-0.2, -0.15) is 0 Å². The van der Waals surface area contributed by atoms with Crippen LogP contribution in [0.5, 0.6) is 11.5 Å². The third kappa shape index (κ3) is 11.7. The van der Waals surface area contributed by atoms with E-state index in [9.17, 15) is 10.2 Å².